The Labute approximate surface area is 91.1 Å². The lowest BCUT2D eigenvalue weighted by Crippen LogP contribution is -2.27. The van der Waals surface area contributed by atoms with Gasteiger partial charge in [-0.1, -0.05) is 6.07 Å². The van der Waals surface area contributed by atoms with Gasteiger partial charge in [0, 0.05) is 32.9 Å². The number of anilines is 1. The second-order valence-corrected chi connectivity index (χ2v) is 3.30. The number of pyridine rings is 1. The highest BCUT2D eigenvalue weighted by Gasteiger charge is 2.04. The highest BCUT2D eigenvalue weighted by molar-refractivity contribution is 5.39. The van der Waals surface area contributed by atoms with Crippen molar-refractivity contribution in [2.75, 3.05) is 31.7 Å². The number of methoxy groups -OCH3 is 1. The van der Waals surface area contributed by atoms with Crippen LogP contribution in [0.15, 0.2) is 18.3 Å². The summed E-state index contributed by atoms with van der Waals surface area (Å²) in [6, 6.07) is 4.01. The van der Waals surface area contributed by atoms with Crippen LogP contribution in [-0.4, -0.2) is 31.8 Å². The summed E-state index contributed by atoms with van der Waals surface area (Å²) in [4.78, 5) is 6.53. The number of rotatable bonds is 6. The second-order valence-electron chi connectivity index (χ2n) is 3.30. The zero-order chi connectivity index (χ0) is 11.1. The lowest BCUT2D eigenvalue weighted by molar-refractivity contribution is 0.205. The van der Waals surface area contributed by atoms with Crippen molar-refractivity contribution in [2.24, 2.45) is 5.73 Å². The average molecular weight is 209 g/mol. The Morgan fingerprint density at radius 3 is 2.73 bits per heavy atom. The van der Waals surface area contributed by atoms with Crippen molar-refractivity contribution in [1.29, 1.82) is 0 Å². The number of aromatic nitrogens is 1. The van der Waals surface area contributed by atoms with Gasteiger partial charge in [-0.15, -0.1) is 0 Å². The summed E-state index contributed by atoms with van der Waals surface area (Å²) >= 11 is 0. The van der Waals surface area contributed by atoms with E-state index in [9.17, 15) is 0 Å². The molecule has 1 aromatic heterocycles. The minimum absolute atomic E-state index is 0.539. The number of nitrogens with two attached hydrogens (primary N) is 1. The predicted molar refractivity (Wildman–Crippen MR) is 61.9 cm³/mol. The van der Waals surface area contributed by atoms with Crippen LogP contribution in [0.5, 0.6) is 0 Å². The van der Waals surface area contributed by atoms with Crippen LogP contribution in [0.1, 0.15) is 12.5 Å². The molecule has 84 valence electrons. The summed E-state index contributed by atoms with van der Waals surface area (Å²) < 4.78 is 5.05. The Bertz CT molecular complexity index is 274. The second kappa shape index (κ2) is 6.37. The van der Waals surface area contributed by atoms with Gasteiger partial charge in [0.1, 0.15) is 5.82 Å². The third-order valence-electron chi connectivity index (χ3n) is 2.32. The van der Waals surface area contributed by atoms with Gasteiger partial charge >= 0.3 is 0 Å². The molecule has 4 nitrogen and oxygen atoms in total. The average Bonchev–Trinajstić information content (AvgIpc) is 2.31. The fraction of sp³-hybridized carbons (Fsp3) is 0.545. The predicted octanol–water partition coefficient (Wildman–Crippen LogP) is 1.01. The molecule has 0 aliphatic rings. The maximum Gasteiger partial charge on any atom is 0.128 e. The van der Waals surface area contributed by atoms with E-state index in [1.54, 1.807) is 7.11 Å². The zero-order valence-corrected chi connectivity index (χ0v) is 9.44. The highest BCUT2D eigenvalue weighted by atomic mass is 16.5. The Balaban J connectivity index is 2.65. The summed E-state index contributed by atoms with van der Waals surface area (Å²) in [5.41, 5.74) is 6.57. The molecule has 0 atom stereocenters. The van der Waals surface area contributed by atoms with Crippen molar-refractivity contribution >= 4 is 5.82 Å². The molecule has 0 aromatic carbocycles. The van der Waals surface area contributed by atoms with Crippen LogP contribution in [-0.2, 0) is 11.3 Å². The van der Waals surface area contributed by atoms with Crippen molar-refractivity contribution in [1.82, 2.24) is 4.98 Å². The quantitative estimate of drug-likeness (QED) is 0.759. The van der Waals surface area contributed by atoms with E-state index in [-0.39, 0.29) is 0 Å². The SMILES string of the molecule is CCN(CCOC)c1ccc(CN)cn1. The van der Waals surface area contributed by atoms with E-state index in [1.807, 2.05) is 18.3 Å². The van der Waals surface area contributed by atoms with Gasteiger partial charge in [-0.25, -0.2) is 4.98 Å². The molecular formula is C11H19N3O. The molecule has 0 fully saturated rings. The molecular weight excluding hydrogens is 190 g/mol. The molecule has 0 saturated heterocycles. The van der Waals surface area contributed by atoms with Crippen LogP contribution in [0.25, 0.3) is 0 Å². The number of likely N-dealkylation sites (N-methyl/N-ethyl adjacent to an activating group) is 1. The van der Waals surface area contributed by atoms with Crippen LogP contribution >= 0.6 is 0 Å². The Morgan fingerprint density at radius 1 is 1.47 bits per heavy atom. The molecule has 2 N–H and O–H groups in total. The number of hydrogen-bond acceptors (Lipinski definition) is 4. The molecule has 0 radical (unpaired) electrons. The largest absolute Gasteiger partial charge is 0.383 e. The first-order valence-electron chi connectivity index (χ1n) is 5.20. The summed E-state index contributed by atoms with van der Waals surface area (Å²) in [6.45, 7) is 5.15. The van der Waals surface area contributed by atoms with Gasteiger partial charge in [0.2, 0.25) is 0 Å². The van der Waals surface area contributed by atoms with Crippen molar-refractivity contribution in [3.8, 4) is 0 Å². The first-order valence-corrected chi connectivity index (χ1v) is 5.20. The van der Waals surface area contributed by atoms with Crippen LogP contribution in [0, 0.1) is 0 Å². The molecule has 15 heavy (non-hydrogen) atoms. The van der Waals surface area contributed by atoms with E-state index in [1.165, 1.54) is 0 Å². The Hall–Kier alpha value is -1.13. The van der Waals surface area contributed by atoms with E-state index in [4.69, 9.17) is 10.5 Å². The fourth-order valence-electron chi connectivity index (χ4n) is 1.36. The summed E-state index contributed by atoms with van der Waals surface area (Å²) in [5.74, 6) is 0.978. The lowest BCUT2D eigenvalue weighted by Gasteiger charge is -2.21. The lowest BCUT2D eigenvalue weighted by atomic mass is 10.3. The van der Waals surface area contributed by atoms with Gasteiger partial charge in [0.05, 0.1) is 6.61 Å². The van der Waals surface area contributed by atoms with Crippen molar-refractivity contribution in [3.63, 3.8) is 0 Å². The third-order valence-corrected chi connectivity index (χ3v) is 2.32. The van der Waals surface area contributed by atoms with Gasteiger partial charge in [0.15, 0.2) is 0 Å². The molecule has 1 rings (SSSR count). The van der Waals surface area contributed by atoms with Gasteiger partial charge < -0.3 is 15.4 Å². The maximum atomic E-state index is 5.52. The molecule has 1 heterocycles. The van der Waals surface area contributed by atoms with Gasteiger partial charge in [-0.2, -0.15) is 0 Å². The van der Waals surface area contributed by atoms with Gasteiger partial charge in [0.25, 0.3) is 0 Å². The van der Waals surface area contributed by atoms with Crippen molar-refractivity contribution in [2.45, 2.75) is 13.5 Å². The van der Waals surface area contributed by atoms with Crippen LogP contribution < -0.4 is 10.6 Å². The summed E-state index contributed by atoms with van der Waals surface area (Å²) in [5, 5.41) is 0. The molecule has 0 spiro atoms. The topological polar surface area (TPSA) is 51.4 Å². The molecule has 1 aromatic rings. The molecule has 0 unspecified atom stereocenters. The van der Waals surface area contributed by atoms with Crippen molar-refractivity contribution in [3.05, 3.63) is 23.9 Å². The van der Waals surface area contributed by atoms with E-state index >= 15 is 0 Å². The zero-order valence-electron chi connectivity index (χ0n) is 9.44. The minimum Gasteiger partial charge on any atom is -0.383 e. The van der Waals surface area contributed by atoms with Gasteiger partial charge in [-0.05, 0) is 18.6 Å². The fourth-order valence-corrected chi connectivity index (χ4v) is 1.36. The maximum absolute atomic E-state index is 5.52. The first-order chi connectivity index (χ1) is 7.31. The monoisotopic (exact) mass is 209 g/mol. The molecule has 0 amide bonds. The van der Waals surface area contributed by atoms with E-state index in [0.29, 0.717) is 13.2 Å². The smallest absolute Gasteiger partial charge is 0.128 e. The third kappa shape index (κ3) is 3.49. The van der Waals surface area contributed by atoms with Crippen LogP contribution in [0.2, 0.25) is 0 Å². The molecule has 0 aliphatic heterocycles. The molecule has 0 saturated carbocycles. The number of nitrogens with zero attached hydrogens (tertiary/aromatic N) is 2. The Kier molecular flexibility index (Phi) is 5.07. The first kappa shape index (κ1) is 11.9. The Morgan fingerprint density at radius 2 is 2.27 bits per heavy atom. The molecule has 0 aliphatic carbocycles. The van der Waals surface area contributed by atoms with Crippen LogP contribution in [0.3, 0.4) is 0 Å². The molecule has 4 heteroatoms. The number of ether oxygens (including phenoxy) is 1. The van der Waals surface area contributed by atoms with Crippen molar-refractivity contribution < 1.29 is 4.74 Å². The van der Waals surface area contributed by atoms with E-state index in [2.05, 4.69) is 16.8 Å². The van der Waals surface area contributed by atoms with E-state index < -0.39 is 0 Å². The number of hydrogen-bond donors (Lipinski definition) is 1. The van der Waals surface area contributed by atoms with E-state index in [0.717, 1.165) is 24.5 Å². The highest BCUT2D eigenvalue weighted by Crippen LogP contribution is 2.10. The normalized spacial score (nSPS) is 10.3. The minimum atomic E-state index is 0.539. The standard InChI is InChI=1S/C11H19N3O/c1-3-14(6-7-15-2)11-5-4-10(8-12)9-13-11/h4-5,9H,3,6-8,12H2,1-2H3. The summed E-state index contributed by atoms with van der Waals surface area (Å²) in [7, 11) is 1.71. The van der Waals surface area contributed by atoms with Gasteiger partial charge in [-0.3, -0.25) is 0 Å². The molecule has 0 bridgehead atoms. The van der Waals surface area contributed by atoms with Crippen LogP contribution in [0.4, 0.5) is 5.82 Å². The summed E-state index contributed by atoms with van der Waals surface area (Å²) in [6.07, 6.45) is 1.82.